The van der Waals surface area contributed by atoms with Gasteiger partial charge in [-0.3, -0.25) is 0 Å². The SMILES string of the molecule is Fc1cc(F)c(F)c(Cc2ccnc(F)c2)c1. The van der Waals surface area contributed by atoms with Crippen LogP contribution in [0, 0.1) is 23.4 Å². The van der Waals surface area contributed by atoms with Crippen molar-refractivity contribution in [2.45, 2.75) is 6.42 Å². The molecule has 0 unspecified atom stereocenters. The fraction of sp³-hybridized carbons (Fsp3) is 0.0833. The molecule has 2 aromatic rings. The third-order valence-corrected chi connectivity index (χ3v) is 2.25. The molecule has 0 fully saturated rings. The Kier molecular flexibility index (Phi) is 3.08. The van der Waals surface area contributed by atoms with E-state index in [9.17, 15) is 17.6 Å². The number of hydrogen-bond donors (Lipinski definition) is 0. The lowest BCUT2D eigenvalue weighted by atomic mass is 10.1. The molecule has 0 N–H and O–H groups in total. The predicted octanol–water partition coefficient (Wildman–Crippen LogP) is 3.23. The summed E-state index contributed by atoms with van der Waals surface area (Å²) in [7, 11) is 0. The molecule has 5 heteroatoms. The Morgan fingerprint density at radius 3 is 2.47 bits per heavy atom. The van der Waals surface area contributed by atoms with Crippen molar-refractivity contribution in [1.29, 1.82) is 0 Å². The van der Waals surface area contributed by atoms with Gasteiger partial charge in [0.1, 0.15) is 5.82 Å². The van der Waals surface area contributed by atoms with Crippen LogP contribution in [0.3, 0.4) is 0 Å². The smallest absolute Gasteiger partial charge is 0.213 e. The quantitative estimate of drug-likeness (QED) is 0.447. The minimum atomic E-state index is -1.26. The average molecular weight is 241 g/mol. The molecule has 0 atom stereocenters. The summed E-state index contributed by atoms with van der Waals surface area (Å²) in [5.41, 5.74) is 0.231. The van der Waals surface area contributed by atoms with Crippen molar-refractivity contribution >= 4 is 0 Å². The highest BCUT2D eigenvalue weighted by atomic mass is 19.2. The van der Waals surface area contributed by atoms with E-state index in [-0.39, 0.29) is 12.0 Å². The first-order valence-corrected chi connectivity index (χ1v) is 4.80. The third kappa shape index (κ3) is 2.61. The van der Waals surface area contributed by atoms with Gasteiger partial charge in [-0.05, 0) is 29.3 Å². The van der Waals surface area contributed by atoms with Crippen LogP contribution in [0.1, 0.15) is 11.1 Å². The summed E-state index contributed by atoms with van der Waals surface area (Å²) in [6.45, 7) is 0. The molecule has 0 saturated heterocycles. The van der Waals surface area contributed by atoms with Crippen molar-refractivity contribution in [3.63, 3.8) is 0 Å². The van der Waals surface area contributed by atoms with Gasteiger partial charge in [0.15, 0.2) is 11.6 Å². The molecule has 1 heterocycles. The summed E-state index contributed by atoms with van der Waals surface area (Å²) in [6.07, 6.45) is 1.11. The van der Waals surface area contributed by atoms with Crippen LogP contribution in [-0.4, -0.2) is 4.98 Å². The molecule has 1 nitrogen and oxygen atoms in total. The third-order valence-electron chi connectivity index (χ3n) is 2.25. The van der Waals surface area contributed by atoms with E-state index in [1.54, 1.807) is 0 Å². The summed E-state index contributed by atoms with van der Waals surface area (Å²) in [4.78, 5) is 3.33. The van der Waals surface area contributed by atoms with E-state index in [4.69, 9.17) is 0 Å². The van der Waals surface area contributed by atoms with Crippen molar-refractivity contribution in [2.24, 2.45) is 0 Å². The van der Waals surface area contributed by atoms with Crippen LogP contribution < -0.4 is 0 Å². The Bertz CT molecular complexity index is 554. The Morgan fingerprint density at radius 2 is 1.76 bits per heavy atom. The van der Waals surface area contributed by atoms with Gasteiger partial charge in [0.25, 0.3) is 0 Å². The zero-order chi connectivity index (χ0) is 12.4. The largest absolute Gasteiger partial charge is 0.228 e. The molecule has 0 saturated carbocycles. The Hall–Kier alpha value is -1.91. The highest BCUT2D eigenvalue weighted by molar-refractivity contribution is 5.27. The van der Waals surface area contributed by atoms with E-state index in [2.05, 4.69) is 4.98 Å². The fourth-order valence-corrected chi connectivity index (χ4v) is 1.51. The first-order valence-electron chi connectivity index (χ1n) is 4.80. The lowest BCUT2D eigenvalue weighted by molar-refractivity contribution is 0.486. The van der Waals surface area contributed by atoms with Gasteiger partial charge in [0.05, 0.1) is 0 Å². The van der Waals surface area contributed by atoms with Crippen LogP contribution in [0.25, 0.3) is 0 Å². The van der Waals surface area contributed by atoms with Crippen molar-refractivity contribution < 1.29 is 17.6 Å². The zero-order valence-corrected chi connectivity index (χ0v) is 8.55. The number of pyridine rings is 1. The second-order valence-electron chi connectivity index (χ2n) is 3.52. The molecule has 0 amide bonds. The topological polar surface area (TPSA) is 12.9 Å². The zero-order valence-electron chi connectivity index (χ0n) is 8.55. The highest BCUT2D eigenvalue weighted by Crippen LogP contribution is 2.18. The monoisotopic (exact) mass is 241 g/mol. The van der Waals surface area contributed by atoms with Gasteiger partial charge in [-0.1, -0.05) is 0 Å². The van der Waals surface area contributed by atoms with Crippen LogP contribution in [0.4, 0.5) is 17.6 Å². The van der Waals surface area contributed by atoms with E-state index < -0.39 is 23.4 Å². The van der Waals surface area contributed by atoms with E-state index >= 15 is 0 Å². The van der Waals surface area contributed by atoms with Crippen molar-refractivity contribution in [3.8, 4) is 0 Å². The molecule has 88 valence electrons. The van der Waals surface area contributed by atoms with Crippen molar-refractivity contribution in [3.05, 3.63) is 65.0 Å². The summed E-state index contributed by atoms with van der Waals surface area (Å²) in [5, 5.41) is 0. The molecule has 17 heavy (non-hydrogen) atoms. The molecule has 1 aromatic carbocycles. The number of aromatic nitrogens is 1. The normalized spacial score (nSPS) is 10.6. The molecule has 0 aliphatic rings. The lowest BCUT2D eigenvalue weighted by Gasteiger charge is -2.04. The lowest BCUT2D eigenvalue weighted by Crippen LogP contribution is -1.98. The van der Waals surface area contributed by atoms with Crippen LogP contribution in [0.15, 0.2) is 30.5 Å². The molecular formula is C12H7F4N. The second kappa shape index (κ2) is 4.53. The van der Waals surface area contributed by atoms with Gasteiger partial charge in [-0.25, -0.2) is 18.2 Å². The summed E-state index contributed by atoms with van der Waals surface area (Å²) >= 11 is 0. The fourth-order valence-electron chi connectivity index (χ4n) is 1.51. The van der Waals surface area contributed by atoms with E-state index in [1.807, 2.05) is 0 Å². The number of benzene rings is 1. The minimum absolute atomic E-state index is 0.0973. The molecule has 0 bridgehead atoms. The second-order valence-corrected chi connectivity index (χ2v) is 3.52. The van der Waals surface area contributed by atoms with Gasteiger partial charge in [0.2, 0.25) is 5.95 Å². The van der Waals surface area contributed by atoms with E-state index in [0.717, 1.165) is 12.1 Å². The summed E-state index contributed by atoms with van der Waals surface area (Å²) in [5.74, 6) is -3.97. The van der Waals surface area contributed by atoms with Crippen LogP contribution in [-0.2, 0) is 6.42 Å². The summed E-state index contributed by atoms with van der Waals surface area (Å²) < 4.78 is 51.9. The maximum atomic E-state index is 13.3. The van der Waals surface area contributed by atoms with Gasteiger partial charge < -0.3 is 0 Å². The molecule has 0 radical (unpaired) electrons. The van der Waals surface area contributed by atoms with Crippen LogP contribution in [0.2, 0.25) is 0 Å². The van der Waals surface area contributed by atoms with E-state index in [1.165, 1.54) is 12.3 Å². The van der Waals surface area contributed by atoms with Gasteiger partial charge in [0, 0.05) is 18.7 Å². The molecular weight excluding hydrogens is 234 g/mol. The van der Waals surface area contributed by atoms with Crippen molar-refractivity contribution in [1.82, 2.24) is 4.98 Å². The van der Waals surface area contributed by atoms with Crippen LogP contribution >= 0.6 is 0 Å². The van der Waals surface area contributed by atoms with Crippen molar-refractivity contribution in [2.75, 3.05) is 0 Å². The number of nitrogens with zero attached hydrogens (tertiary/aromatic N) is 1. The molecule has 1 aromatic heterocycles. The average Bonchev–Trinajstić information content (AvgIpc) is 2.25. The molecule has 0 aliphatic heterocycles. The van der Waals surface area contributed by atoms with Gasteiger partial charge in [-0.15, -0.1) is 0 Å². The van der Waals surface area contributed by atoms with E-state index in [0.29, 0.717) is 11.6 Å². The highest BCUT2D eigenvalue weighted by Gasteiger charge is 2.11. The predicted molar refractivity (Wildman–Crippen MR) is 53.3 cm³/mol. The number of rotatable bonds is 2. The van der Waals surface area contributed by atoms with Gasteiger partial charge in [-0.2, -0.15) is 4.39 Å². The Balaban J connectivity index is 2.36. The maximum Gasteiger partial charge on any atom is 0.213 e. The van der Waals surface area contributed by atoms with Crippen LogP contribution in [0.5, 0.6) is 0 Å². The number of halogens is 4. The Morgan fingerprint density at radius 1 is 1.00 bits per heavy atom. The first-order chi connectivity index (χ1) is 8.06. The minimum Gasteiger partial charge on any atom is -0.228 e. The summed E-state index contributed by atoms with van der Waals surface area (Å²) in [6, 6.07) is 3.89. The Labute approximate surface area is 94.7 Å². The standard InChI is InChI=1S/C12H7F4N/c13-9-5-8(12(16)10(14)6-9)3-7-1-2-17-11(15)4-7/h1-2,4-6H,3H2. The number of hydrogen-bond acceptors (Lipinski definition) is 1. The molecule has 0 aliphatic carbocycles. The van der Waals surface area contributed by atoms with Gasteiger partial charge >= 0.3 is 0 Å². The molecule has 2 rings (SSSR count). The maximum absolute atomic E-state index is 13.3. The first kappa shape index (κ1) is 11.6. The molecule has 0 spiro atoms.